The highest BCUT2D eigenvalue weighted by molar-refractivity contribution is 5.89. The topological polar surface area (TPSA) is 137 Å². The van der Waals surface area contributed by atoms with Crippen LogP contribution in [-0.4, -0.2) is 92.6 Å². The summed E-state index contributed by atoms with van der Waals surface area (Å²) in [6.45, 7) is 5.35. The lowest BCUT2D eigenvalue weighted by Crippen LogP contribution is -2.59. The van der Waals surface area contributed by atoms with Gasteiger partial charge in [-0.3, -0.25) is 14.4 Å². The molecule has 0 saturated carbocycles. The molecular weight excluding hydrogens is 430 g/mol. The van der Waals surface area contributed by atoms with Gasteiger partial charge in [0.2, 0.25) is 5.91 Å². The van der Waals surface area contributed by atoms with E-state index < -0.39 is 5.54 Å². The number of carbonyl (C=O) groups is 3. The molecule has 3 rings (SSSR count). The minimum atomic E-state index is -0.554. The van der Waals surface area contributed by atoms with E-state index in [0.29, 0.717) is 13.2 Å². The first-order valence-electron chi connectivity index (χ1n) is 11.1. The van der Waals surface area contributed by atoms with E-state index in [9.17, 15) is 4.79 Å². The van der Waals surface area contributed by atoms with Crippen LogP contribution in [0, 0.1) is 5.92 Å². The van der Waals surface area contributed by atoms with E-state index in [4.69, 9.17) is 29.3 Å². The van der Waals surface area contributed by atoms with Gasteiger partial charge in [-0.25, -0.2) is 0 Å². The van der Waals surface area contributed by atoms with Gasteiger partial charge in [-0.1, -0.05) is 18.2 Å². The van der Waals surface area contributed by atoms with Crippen LogP contribution in [0.5, 0.6) is 0 Å². The van der Waals surface area contributed by atoms with Crippen LogP contribution >= 0.6 is 0 Å². The maximum absolute atomic E-state index is 13.0. The summed E-state index contributed by atoms with van der Waals surface area (Å²) in [4.78, 5) is 32.3. The second kappa shape index (κ2) is 16.9. The Bertz CT molecular complexity index is 655. The highest BCUT2D eigenvalue weighted by Crippen LogP contribution is 2.29. The molecule has 0 spiro atoms. The number of carboxylic acid groups (broad SMARTS) is 2. The molecule has 4 N–H and O–H groups in total. The second-order valence-corrected chi connectivity index (χ2v) is 7.89. The van der Waals surface area contributed by atoms with Crippen LogP contribution in [0.2, 0.25) is 0 Å². The van der Waals surface area contributed by atoms with Crippen molar-refractivity contribution in [3.63, 3.8) is 0 Å². The lowest BCUT2D eigenvalue weighted by atomic mass is 9.85. The number of methoxy groups -OCH3 is 1. The zero-order valence-corrected chi connectivity index (χ0v) is 19.3. The SMILES string of the molecule is COCCNC(=O)C1(Nc2ccccc2)CCN(CC2CCOCC2)CC1.O=CO.O=CO. The number of nitrogens with zero attached hydrogens (tertiary/aromatic N) is 1. The van der Waals surface area contributed by atoms with Crippen molar-refractivity contribution in [3.05, 3.63) is 30.3 Å². The Kier molecular flexibility index (Phi) is 14.5. The van der Waals surface area contributed by atoms with Crippen LogP contribution in [0.4, 0.5) is 5.69 Å². The van der Waals surface area contributed by atoms with Gasteiger partial charge in [0, 0.05) is 52.2 Å². The van der Waals surface area contributed by atoms with Gasteiger partial charge in [0.15, 0.2) is 0 Å². The number of piperidine rings is 1. The monoisotopic (exact) mass is 467 g/mol. The second-order valence-electron chi connectivity index (χ2n) is 7.89. The summed E-state index contributed by atoms with van der Waals surface area (Å²) in [6.07, 6.45) is 3.93. The number of hydrogen-bond donors (Lipinski definition) is 4. The van der Waals surface area contributed by atoms with Gasteiger partial charge in [-0.05, 0) is 43.7 Å². The van der Waals surface area contributed by atoms with Crippen LogP contribution in [0.3, 0.4) is 0 Å². The van der Waals surface area contributed by atoms with Crippen molar-refractivity contribution in [2.75, 3.05) is 58.4 Å². The van der Waals surface area contributed by atoms with Crippen molar-refractivity contribution in [2.24, 2.45) is 5.92 Å². The number of para-hydroxylation sites is 1. The van der Waals surface area contributed by atoms with Gasteiger partial charge in [-0.2, -0.15) is 0 Å². The number of anilines is 1. The first-order valence-corrected chi connectivity index (χ1v) is 11.1. The molecule has 0 aliphatic carbocycles. The molecule has 2 heterocycles. The van der Waals surface area contributed by atoms with Crippen molar-refractivity contribution >= 4 is 24.5 Å². The molecule has 2 fully saturated rings. The molecule has 2 saturated heterocycles. The summed E-state index contributed by atoms with van der Waals surface area (Å²) >= 11 is 0. The van der Waals surface area contributed by atoms with E-state index in [2.05, 4.69) is 15.5 Å². The average molecular weight is 468 g/mol. The molecule has 0 atom stereocenters. The Morgan fingerprint density at radius 3 is 2.27 bits per heavy atom. The van der Waals surface area contributed by atoms with Crippen LogP contribution < -0.4 is 10.6 Å². The van der Waals surface area contributed by atoms with E-state index in [-0.39, 0.29) is 18.9 Å². The Morgan fingerprint density at radius 2 is 1.73 bits per heavy atom. The molecule has 10 heteroatoms. The number of benzene rings is 1. The summed E-state index contributed by atoms with van der Waals surface area (Å²) in [7, 11) is 1.65. The third-order valence-electron chi connectivity index (χ3n) is 5.75. The van der Waals surface area contributed by atoms with E-state index >= 15 is 0 Å². The molecule has 0 radical (unpaired) electrons. The van der Waals surface area contributed by atoms with Crippen LogP contribution in [0.15, 0.2) is 30.3 Å². The number of carbonyl (C=O) groups excluding carboxylic acids is 1. The molecule has 0 bridgehead atoms. The Balaban J connectivity index is 0.000000819. The number of rotatable bonds is 8. The molecule has 0 unspecified atom stereocenters. The molecule has 2 aliphatic rings. The zero-order valence-electron chi connectivity index (χ0n) is 19.3. The lowest BCUT2D eigenvalue weighted by Gasteiger charge is -2.43. The van der Waals surface area contributed by atoms with E-state index in [1.807, 2.05) is 30.3 Å². The summed E-state index contributed by atoms with van der Waals surface area (Å²) in [6, 6.07) is 10.0. The minimum Gasteiger partial charge on any atom is -0.483 e. The van der Waals surface area contributed by atoms with Gasteiger partial charge >= 0.3 is 0 Å². The van der Waals surface area contributed by atoms with Gasteiger partial charge in [0.05, 0.1) is 6.61 Å². The number of amides is 1. The standard InChI is InChI=1S/C21H33N3O3.2CH2O2/c1-26-16-11-22-20(25)21(23-19-5-3-2-4-6-19)9-12-24(13-10-21)17-18-7-14-27-15-8-18;2*2-1-3/h2-6,18,23H,7-17H2,1H3,(H,22,25);2*1H,(H,2,3). The van der Waals surface area contributed by atoms with Crippen molar-refractivity contribution in [1.29, 1.82) is 0 Å². The molecule has 1 aromatic carbocycles. The molecule has 0 aromatic heterocycles. The number of ether oxygens (including phenoxy) is 2. The fraction of sp³-hybridized carbons (Fsp3) is 0.609. The van der Waals surface area contributed by atoms with E-state index in [0.717, 1.165) is 70.1 Å². The fourth-order valence-electron chi connectivity index (χ4n) is 4.05. The number of likely N-dealkylation sites (tertiary alicyclic amines) is 1. The molecule has 10 nitrogen and oxygen atoms in total. The Hall–Kier alpha value is -2.69. The quantitative estimate of drug-likeness (QED) is 0.331. The number of nitrogens with one attached hydrogen (secondary N) is 2. The van der Waals surface area contributed by atoms with Crippen molar-refractivity contribution in [1.82, 2.24) is 10.2 Å². The molecular formula is C23H37N3O7. The van der Waals surface area contributed by atoms with E-state index in [1.54, 1.807) is 7.11 Å². The third kappa shape index (κ3) is 10.6. The van der Waals surface area contributed by atoms with Crippen LogP contribution in [-0.2, 0) is 23.9 Å². The maximum Gasteiger partial charge on any atom is 0.290 e. The predicted molar refractivity (Wildman–Crippen MR) is 124 cm³/mol. The van der Waals surface area contributed by atoms with Crippen LogP contribution in [0.1, 0.15) is 25.7 Å². The zero-order chi connectivity index (χ0) is 24.4. The molecule has 186 valence electrons. The van der Waals surface area contributed by atoms with Crippen LogP contribution in [0.25, 0.3) is 0 Å². The third-order valence-corrected chi connectivity index (χ3v) is 5.75. The Morgan fingerprint density at radius 1 is 1.15 bits per heavy atom. The summed E-state index contributed by atoms with van der Waals surface area (Å²) in [5.41, 5.74) is 0.443. The average Bonchev–Trinajstić information content (AvgIpc) is 2.83. The highest BCUT2D eigenvalue weighted by Gasteiger charge is 2.41. The minimum absolute atomic E-state index is 0.0779. The lowest BCUT2D eigenvalue weighted by molar-refractivity contribution is -0.127. The first kappa shape index (κ1) is 28.3. The summed E-state index contributed by atoms with van der Waals surface area (Å²) in [5.74, 6) is 0.804. The van der Waals surface area contributed by atoms with Crippen molar-refractivity contribution < 1.29 is 34.1 Å². The maximum atomic E-state index is 13.0. The summed E-state index contributed by atoms with van der Waals surface area (Å²) in [5, 5.41) is 20.4. The largest absolute Gasteiger partial charge is 0.483 e. The highest BCUT2D eigenvalue weighted by atomic mass is 16.5. The van der Waals surface area contributed by atoms with Crippen molar-refractivity contribution in [2.45, 2.75) is 31.2 Å². The normalized spacial score (nSPS) is 17.8. The van der Waals surface area contributed by atoms with Gasteiger partial charge in [0.1, 0.15) is 5.54 Å². The smallest absolute Gasteiger partial charge is 0.290 e. The molecule has 2 aliphatic heterocycles. The van der Waals surface area contributed by atoms with Gasteiger partial charge < -0.3 is 35.2 Å². The van der Waals surface area contributed by atoms with E-state index in [1.165, 1.54) is 0 Å². The summed E-state index contributed by atoms with van der Waals surface area (Å²) < 4.78 is 10.6. The Labute approximate surface area is 195 Å². The predicted octanol–water partition coefficient (Wildman–Crippen LogP) is 1.52. The molecule has 33 heavy (non-hydrogen) atoms. The number of hydrogen-bond acceptors (Lipinski definition) is 7. The van der Waals surface area contributed by atoms with Gasteiger partial charge in [-0.15, -0.1) is 0 Å². The van der Waals surface area contributed by atoms with Gasteiger partial charge in [0.25, 0.3) is 12.9 Å². The first-order chi connectivity index (χ1) is 16.0. The fourth-order valence-corrected chi connectivity index (χ4v) is 4.05. The molecule has 1 aromatic rings. The molecule has 1 amide bonds. The van der Waals surface area contributed by atoms with Crippen molar-refractivity contribution in [3.8, 4) is 0 Å².